The van der Waals surface area contributed by atoms with Crippen molar-refractivity contribution in [2.75, 3.05) is 0 Å². The monoisotopic (exact) mass is 466 g/mol. The second-order valence-corrected chi connectivity index (χ2v) is 13.2. The van der Waals surface area contributed by atoms with E-state index in [0.29, 0.717) is 6.61 Å². The van der Waals surface area contributed by atoms with Crippen LogP contribution in [-0.2, 0) is 11.0 Å². The molecule has 2 nitrogen and oxygen atoms in total. The highest BCUT2D eigenvalue weighted by Crippen LogP contribution is 2.39. The highest BCUT2D eigenvalue weighted by atomic mass is 127. The van der Waals surface area contributed by atoms with Gasteiger partial charge in [-0.3, -0.25) is 0 Å². The van der Waals surface area contributed by atoms with Crippen LogP contribution in [0.3, 0.4) is 0 Å². The Bertz CT molecular complexity index is 629. The Labute approximate surface area is 143 Å². The van der Waals surface area contributed by atoms with Crippen LogP contribution in [0.5, 0.6) is 0 Å². The number of benzene rings is 1. The van der Waals surface area contributed by atoms with Crippen molar-refractivity contribution >= 4 is 57.8 Å². The Balaban J connectivity index is 2.32. The molecule has 0 saturated heterocycles. The maximum absolute atomic E-state index is 6.33. The molecule has 2 rings (SSSR count). The molecule has 2 aromatic rings. The fourth-order valence-corrected chi connectivity index (χ4v) is 3.76. The number of fused-ring (bicyclic) bond motifs is 1. The summed E-state index contributed by atoms with van der Waals surface area (Å²) in [5.41, 5.74) is 2.07. The maximum atomic E-state index is 6.33. The molecule has 0 spiro atoms. The lowest BCUT2D eigenvalue weighted by atomic mass is 10.2. The molecular formula is C15H20BrIO2Si. The minimum Gasteiger partial charge on any atom is -0.449 e. The fraction of sp³-hybridized carbons (Fsp3) is 0.467. The summed E-state index contributed by atoms with van der Waals surface area (Å²) in [5, 5.41) is 1.36. The van der Waals surface area contributed by atoms with Crippen LogP contribution in [0.15, 0.2) is 27.1 Å². The Hall–Kier alpha value is 0.147. The lowest BCUT2D eigenvalue weighted by Crippen LogP contribution is -2.40. The number of rotatable bonds is 3. The third-order valence-corrected chi connectivity index (χ3v) is 10.1. The van der Waals surface area contributed by atoms with Gasteiger partial charge in [-0.15, -0.1) is 0 Å². The topological polar surface area (TPSA) is 22.4 Å². The van der Waals surface area contributed by atoms with E-state index in [1.54, 1.807) is 0 Å². The number of hydrogen-bond acceptors (Lipinski definition) is 2. The molecule has 0 atom stereocenters. The van der Waals surface area contributed by atoms with E-state index in [9.17, 15) is 0 Å². The van der Waals surface area contributed by atoms with E-state index < -0.39 is 8.32 Å². The molecule has 0 aliphatic heterocycles. The third-order valence-electron chi connectivity index (χ3n) is 4.10. The smallest absolute Gasteiger partial charge is 0.192 e. The normalized spacial score (nSPS) is 13.2. The second kappa shape index (κ2) is 5.74. The highest BCUT2D eigenvalue weighted by molar-refractivity contribution is 14.1. The molecule has 0 amide bonds. The van der Waals surface area contributed by atoms with Crippen LogP contribution in [0.4, 0.5) is 0 Å². The van der Waals surface area contributed by atoms with Crippen LogP contribution in [0.1, 0.15) is 26.3 Å². The zero-order valence-electron chi connectivity index (χ0n) is 12.5. The first-order chi connectivity index (χ1) is 9.13. The number of para-hydroxylation sites is 1. The molecule has 0 aliphatic rings. The minimum absolute atomic E-state index is 0.221. The van der Waals surface area contributed by atoms with Crippen molar-refractivity contribution in [1.82, 2.24) is 0 Å². The predicted molar refractivity (Wildman–Crippen MR) is 98.6 cm³/mol. The van der Waals surface area contributed by atoms with Gasteiger partial charge in [-0.1, -0.05) is 32.9 Å². The number of halogens is 2. The molecule has 0 saturated carbocycles. The van der Waals surface area contributed by atoms with Gasteiger partial charge in [-0.25, -0.2) is 0 Å². The zero-order valence-corrected chi connectivity index (χ0v) is 17.3. The van der Waals surface area contributed by atoms with Gasteiger partial charge >= 0.3 is 0 Å². The number of hydrogen-bond donors (Lipinski definition) is 0. The molecule has 0 N–H and O–H groups in total. The van der Waals surface area contributed by atoms with Crippen LogP contribution in [0, 0.1) is 3.77 Å². The van der Waals surface area contributed by atoms with E-state index in [1.165, 1.54) is 0 Å². The summed E-state index contributed by atoms with van der Waals surface area (Å²) in [6.07, 6.45) is 0. The minimum atomic E-state index is -1.74. The van der Waals surface area contributed by atoms with Gasteiger partial charge in [0.25, 0.3) is 0 Å². The summed E-state index contributed by atoms with van der Waals surface area (Å²) in [6.45, 7) is 11.9. The van der Waals surface area contributed by atoms with Gasteiger partial charge in [0.2, 0.25) is 0 Å². The van der Waals surface area contributed by atoms with Gasteiger partial charge in [-0.05, 0) is 40.1 Å². The summed E-state index contributed by atoms with van der Waals surface area (Å²) in [7, 11) is -1.74. The summed E-state index contributed by atoms with van der Waals surface area (Å²) in [6, 6.07) is 6.13. The molecular weight excluding hydrogens is 447 g/mol. The van der Waals surface area contributed by atoms with Gasteiger partial charge in [0, 0.05) is 33.5 Å². The molecule has 1 aromatic heterocycles. The molecule has 20 heavy (non-hydrogen) atoms. The molecule has 110 valence electrons. The summed E-state index contributed by atoms with van der Waals surface area (Å²) >= 11 is 5.79. The van der Waals surface area contributed by atoms with E-state index in [0.717, 1.165) is 24.8 Å². The van der Waals surface area contributed by atoms with Gasteiger partial charge in [-0.2, -0.15) is 0 Å². The van der Waals surface area contributed by atoms with E-state index in [1.807, 2.05) is 12.1 Å². The van der Waals surface area contributed by atoms with Crippen LogP contribution in [0.25, 0.3) is 11.0 Å². The lowest BCUT2D eigenvalue weighted by Gasteiger charge is -2.36. The molecule has 1 heterocycles. The summed E-state index contributed by atoms with van der Waals surface area (Å²) in [4.78, 5) is 0. The number of furan rings is 1. The van der Waals surface area contributed by atoms with Crippen molar-refractivity contribution in [3.05, 3.63) is 32.0 Å². The van der Waals surface area contributed by atoms with Gasteiger partial charge in [0.15, 0.2) is 12.1 Å². The van der Waals surface area contributed by atoms with Gasteiger partial charge in [0.05, 0.1) is 11.1 Å². The quantitative estimate of drug-likeness (QED) is 0.390. The lowest BCUT2D eigenvalue weighted by molar-refractivity contribution is 0.275. The summed E-state index contributed by atoms with van der Waals surface area (Å²) < 4.78 is 14.1. The first-order valence-electron chi connectivity index (χ1n) is 6.63. The first kappa shape index (κ1) is 16.5. The average molecular weight is 467 g/mol. The Morgan fingerprint density at radius 1 is 1.30 bits per heavy atom. The van der Waals surface area contributed by atoms with Crippen molar-refractivity contribution in [2.45, 2.75) is 45.5 Å². The molecule has 0 fully saturated rings. The van der Waals surface area contributed by atoms with Crippen molar-refractivity contribution < 1.29 is 8.84 Å². The van der Waals surface area contributed by atoms with E-state index in [2.05, 4.69) is 78.5 Å². The van der Waals surface area contributed by atoms with Crippen LogP contribution < -0.4 is 0 Å². The molecule has 5 heteroatoms. The van der Waals surface area contributed by atoms with Crippen molar-refractivity contribution in [3.8, 4) is 0 Å². The maximum Gasteiger partial charge on any atom is 0.192 e. The predicted octanol–water partition coefficient (Wildman–Crippen LogP) is 6.32. The van der Waals surface area contributed by atoms with Gasteiger partial charge < -0.3 is 8.84 Å². The SMILES string of the molecule is CC(C)(C)[Si](C)(C)OCc1c(I)oc2c(Br)cccc12. The average Bonchev–Trinajstić information content (AvgIpc) is 2.63. The molecule has 0 unspecified atom stereocenters. The third kappa shape index (κ3) is 3.15. The van der Waals surface area contributed by atoms with Gasteiger partial charge in [0.1, 0.15) is 5.58 Å². The van der Waals surface area contributed by atoms with Crippen molar-refractivity contribution in [1.29, 1.82) is 0 Å². The molecule has 0 aliphatic carbocycles. The molecule has 0 bridgehead atoms. The standard InChI is InChI=1S/C15H20BrIO2Si/c1-15(2,3)20(4,5)18-9-11-10-7-6-8-12(16)13(10)19-14(11)17/h6-8H,9H2,1-5H3. The fourth-order valence-electron chi connectivity index (χ4n) is 1.71. The first-order valence-corrected chi connectivity index (χ1v) is 11.4. The van der Waals surface area contributed by atoms with Crippen LogP contribution in [-0.4, -0.2) is 8.32 Å². The molecule has 0 radical (unpaired) electrons. The second-order valence-electron chi connectivity index (χ2n) is 6.52. The van der Waals surface area contributed by atoms with E-state index in [4.69, 9.17) is 8.84 Å². The van der Waals surface area contributed by atoms with Crippen molar-refractivity contribution in [3.63, 3.8) is 0 Å². The van der Waals surface area contributed by atoms with Crippen LogP contribution >= 0.6 is 38.5 Å². The zero-order chi connectivity index (χ0) is 15.1. The largest absolute Gasteiger partial charge is 0.449 e. The Morgan fingerprint density at radius 3 is 2.55 bits per heavy atom. The Morgan fingerprint density at radius 2 is 1.95 bits per heavy atom. The summed E-state index contributed by atoms with van der Waals surface area (Å²) in [5.74, 6) is 0. The molecule has 1 aromatic carbocycles. The Kier molecular flexibility index (Phi) is 4.74. The van der Waals surface area contributed by atoms with Crippen LogP contribution in [0.2, 0.25) is 18.1 Å². The van der Waals surface area contributed by atoms with E-state index >= 15 is 0 Å². The van der Waals surface area contributed by atoms with E-state index in [-0.39, 0.29) is 5.04 Å². The highest BCUT2D eigenvalue weighted by Gasteiger charge is 2.37. The van der Waals surface area contributed by atoms with Crippen molar-refractivity contribution in [2.24, 2.45) is 0 Å².